The Hall–Kier alpha value is -2.08. The SMILES string of the molecule is CC(=O)Nc1ccn([C@@H]2CCN(Cc3ccc(C)o3)C2)n1. The number of rotatable bonds is 4. The van der Waals surface area contributed by atoms with E-state index in [-0.39, 0.29) is 5.91 Å². The molecule has 2 aromatic heterocycles. The molecule has 0 aromatic carbocycles. The van der Waals surface area contributed by atoms with Crippen LogP contribution in [0.2, 0.25) is 0 Å². The van der Waals surface area contributed by atoms with Crippen molar-refractivity contribution in [2.75, 3.05) is 18.4 Å². The zero-order chi connectivity index (χ0) is 14.8. The van der Waals surface area contributed by atoms with Gasteiger partial charge in [-0.15, -0.1) is 0 Å². The lowest BCUT2D eigenvalue weighted by atomic mass is 10.3. The molecule has 1 aliphatic heterocycles. The van der Waals surface area contributed by atoms with Gasteiger partial charge in [0, 0.05) is 32.3 Å². The number of carbonyl (C=O) groups is 1. The monoisotopic (exact) mass is 288 g/mol. The minimum absolute atomic E-state index is 0.0958. The molecule has 0 radical (unpaired) electrons. The van der Waals surface area contributed by atoms with Crippen LogP contribution in [-0.4, -0.2) is 33.7 Å². The Kier molecular flexibility index (Phi) is 3.79. The Bertz CT molecular complexity index is 631. The Balaban J connectivity index is 1.58. The molecule has 112 valence electrons. The van der Waals surface area contributed by atoms with E-state index in [1.807, 2.05) is 36.0 Å². The average Bonchev–Trinajstić information content (AvgIpc) is 3.11. The molecule has 0 spiro atoms. The highest BCUT2D eigenvalue weighted by atomic mass is 16.3. The van der Waals surface area contributed by atoms with Crippen LogP contribution in [0.4, 0.5) is 5.82 Å². The minimum Gasteiger partial charge on any atom is -0.465 e. The van der Waals surface area contributed by atoms with Crippen LogP contribution in [0.3, 0.4) is 0 Å². The molecule has 1 fully saturated rings. The summed E-state index contributed by atoms with van der Waals surface area (Å²) in [5, 5.41) is 7.12. The number of hydrogen-bond donors (Lipinski definition) is 1. The molecule has 1 aliphatic rings. The number of aryl methyl sites for hydroxylation is 1. The molecule has 6 nitrogen and oxygen atoms in total. The molecular weight excluding hydrogens is 268 g/mol. The van der Waals surface area contributed by atoms with Crippen molar-refractivity contribution in [3.05, 3.63) is 35.9 Å². The minimum atomic E-state index is -0.0958. The van der Waals surface area contributed by atoms with Crippen molar-refractivity contribution in [3.8, 4) is 0 Å². The van der Waals surface area contributed by atoms with Crippen LogP contribution < -0.4 is 5.32 Å². The Morgan fingerprint density at radius 3 is 3.05 bits per heavy atom. The van der Waals surface area contributed by atoms with E-state index in [1.54, 1.807) is 0 Å². The van der Waals surface area contributed by atoms with E-state index in [0.717, 1.165) is 37.6 Å². The van der Waals surface area contributed by atoms with Crippen molar-refractivity contribution < 1.29 is 9.21 Å². The fourth-order valence-electron chi connectivity index (χ4n) is 2.75. The van der Waals surface area contributed by atoms with Crippen LogP contribution in [0.25, 0.3) is 0 Å². The molecule has 0 aliphatic carbocycles. The van der Waals surface area contributed by atoms with Gasteiger partial charge < -0.3 is 9.73 Å². The third-order valence-electron chi connectivity index (χ3n) is 3.71. The summed E-state index contributed by atoms with van der Waals surface area (Å²) >= 11 is 0. The lowest BCUT2D eigenvalue weighted by molar-refractivity contribution is -0.114. The molecule has 0 unspecified atom stereocenters. The Morgan fingerprint density at radius 1 is 1.48 bits per heavy atom. The molecule has 0 bridgehead atoms. The van der Waals surface area contributed by atoms with Gasteiger partial charge in [0.15, 0.2) is 5.82 Å². The van der Waals surface area contributed by atoms with E-state index in [0.29, 0.717) is 11.9 Å². The van der Waals surface area contributed by atoms with Gasteiger partial charge in [-0.2, -0.15) is 5.10 Å². The molecule has 1 N–H and O–H groups in total. The van der Waals surface area contributed by atoms with Crippen LogP contribution in [0.5, 0.6) is 0 Å². The highest BCUT2D eigenvalue weighted by molar-refractivity contribution is 5.87. The van der Waals surface area contributed by atoms with Crippen LogP contribution >= 0.6 is 0 Å². The van der Waals surface area contributed by atoms with E-state index in [1.165, 1.54) is 6.92 Å². The second-order valence-corrected chi connectivity index (χ2v) is 5.55. The summed E-state index contributed by atoms with van der Waals surface area (Å²) in [6, 6.07) is 6.21. The predicted molar refractivity (Wildman–Crippen MR) is 78.9 cm³/mol. The lowest BCUT2D eigenvalue weighted by Gasteiger charge is -2.14. The number of furan rings is 1. The van der Waals surface area contributed by atoms with Crippen LogP contribution in [0.15, 0.2) is 28.8 Å². The number of nitrogens with zero attached hydrogens (tertiary/aromatic N) is 3. The topological polar surface area (TPSA) is 63.3 Å². The second-order valence-electron chi connectivity index (χ2n) is 5.55. The second kappa shape index (κ2) is 5.73. The number of nitrogens with one attached hydrogen (secondary N) is 1. The molecule has 6 heteroatoms. The van der Waals surface area contributed by atoms with Gasteiger partial charge in [-0.05, 0) is 25.5 Å². The van der Waals surface area contributed by atoms with E-state index >= 15 is 0 Å². The maximum Gasteiger partial charge on any atom is 0.222 e. The fourth-order valence-corrected chi connectivity index (χ4v) is 2.75. The normalized spacial score (nSPS) is 19.0. The smallest absolute Gasteiger partial charge is 0.222 e. The number of carbonyl (C=O) groups excluding carboxylic acids is 1. The Labute approximate surface area is 123 Å². The van der Waals surface area contributed by atoms with Gasteiger partial charge in [0.2, 0.25) is 5.91 Å². The summed E-state index contributed by atoms with van der Waals surface area (Å²) in [5.41, 5.74) is 0. The Morgan fingerprint density at radius 2 is 2.33 bits per heavy atom. The molecule has 3 rings (SSSR count). The maximum absolute atomic E-state index is 11.0. The summed E-state index contributed by atoms with van der Waals surface area (Å²) in [7, 11) is 0. The van der Waals surface area contributed by atoms with Crippen molar-refractivity contribution in [2.45, 2.75) is 32.9 Å². The summed E-state index contributed by atoms with van der Waals surface area (Å²) in [5.74, 6) is 2.48. The molecule has 0 saturated carbocycles. The molecule has 21 heavy (non-hydrogen) atoms. The number of likely N-dealkylation sites (tertiary alicyclic amines) is 1. The molecule has 3 heterocycles. The van der Waals surface area contributed by atoms with Gasteiger partial charge >= 0.3 is 0 Å². The average molecular weight is 288 g/mol. The van der Waals surface area contributed by atoms with Gasteiger partial charge in [-0.1, -0.05) is 0 Å². The maximum atomic E-state index is 11.0. The summed E-state index contributed by atoms with van der Waals surface area (Å²) in [6.07, 6.45) is 2.98. The van der Waals surface area contributed by atoms with Crippen LogP contribution in [-0.2, 0) is 11.3 Å². The van der Waals surface area contributed by atoms with E-state index in [2.05, 4.69) is 15.3 Å². The number of aromatic nitrogens is 2. The van der Waals surface area contributed by atoms with Gasteiger partial charge in [-0.3, -0.25) is 14.4 Å². The third kappa shape index (κ3) is 3.33. The molecule has 1 amide bonds. The highest BCUT2D eigenvalue weighted by Crippen LogP contribution is 2.23. The fraction of sp³-hybridized carbons (Fsp3) is 0.467. The van der Waals surface area contributed by atoms with Gasteiger partial charge in [0.25, 0.3) is 0 Å². The van der Waals surface area contributed by atoms with Crippen molar-refractivity contribution in [1.29, 1.82) is 0 Å². The van der Waals surface area contributed by atoms with Crippen molar-refractivity contribution >= 4 is 11.7 Å². The molecule has 2 aromatic rings. The van der Waals surface area contributed by atoms with Crippen molar-refractivity contribution in [3.63, 3.8) is 0 Å². The van der Waals surface area contributed by atoms with Gasteiger partial charge in [0.05, 0.1) is 12.6 Å². The van der Waals surface area contributed by atoms with Crippen molar-refractivity contribution in [1.82, 2.24) is 14.7 Å². The quantitative estimate of drug-likeness (QED) is 0.936. The molecule has 1 atom stereocenters. The zero-order valence-corrected chi connectivity index (χ0v) is 12.4. The summed E-state index contributed by atoms with van der Waals surface area (Å²) < 4.78 is 7.57. The summed E-state index contributed by atoms with van der Waals surface area (Å²) in [4.78, 5) is 13.4. The number of hydrogen-bond acceptors (Lipinski definition) is 4. The zero-order valence-electron chi connectivity index (χ0n) is 12.4. The first-order valence-electron chi connectivity index (χ1n) is 7.20. The van der Waals surface area contributed by atoms with Crippen LogP contribution in [0.1, 0.15) is 30.9 Å². The van der Waals surface area contributed by atoms with Gasteiger partial charge in [-0.25, -0.2) is 0 Å². The first-order chi connectivity index (χ1) is 10.1. The standard InChI is InChI=1S/C15H20N4O2/c1-11-3-4-14(21-11)10-18-7-5-13(9-18)19-8-6-15(17-19)16-12(2)20/h3-4,6,8,13H,5,7,9-10H2,1-2H3,(H,16,17,20)/t13-/m1/s1. The highest BCUT2D eigenvalue weighted by Gasteiger charge is 2.25. The van der Waals surface area contributed by atoms with Crippen molar-refractivity contribution in [2.24, 2.45) is 0 Å². The van der Waals surface area contributed by atoms with Crippen LogP contribution in [0, 0.1) is 6.92 Å². The molecule has 1 saturated heterocycles. The third-order valence-corrected chi connectivity index (χ3v) is 3.71. The van der Waals surface area contributed by atoms with E-state index in [4.69, 9.17) is 4.42 Å². The van der Waals surface area contributed by atoms with E-state index < -0.39 is 0 Å². The summed E-state index contributed by atoms with van der Waals surface area (Å²) in [6.45, 7) is 6.26. The lowest BCUT2D eigenvalue weighted by Crippen LogP contribution is -2.21. The van der Waals surface area contributed by atoms with Gasteiger partial charge in [0.1, 0.15) is 11.5 Å². The largest absolute Gasteiger partial charge is 0.465 e. The van der Waals surface area contributed by atoms with E-state index in [9.17, 15) is 4.79 Å². The first-order valence-corrected chi connectivity index (χ1v) is 7.20. The molecular formula is C15H20N4O2. The number of amides is 1. The predicted octanol–water partition coefficient (Wildman–Crippen LogP) is 2.19. The number of anilines is 1. The first kappa shape index (κ1) is 13.9.